The Morgan fingerprint density at radius 2 is 2.14 bits per heavy atom. The maximum atomic E-state index is 12.3. The number of para-hydroxylation sites is 1. The van der Waals surface area contributed by atoms with Gasteiger partial charge >= 0.3 is 5.97 Å². The van der Waals surface area contributed by atoms with Gasteiger partial charge in [-0.25, -0.2) is 0 Å². The third kappa shape index (κ3) is 2.66. The molecule has 1 amide bonds. The number of hydrogen-bond acceptors (Lipinski definition) is 4. The second-order valence-electron chi connectivity index (χ2n) is 5.50. The summed E-state index contributed by atoms with van der Waals surface area (Å²) in [6.45, 7) is 1.64. The number of nitrogens with one attached hydrogen (secondary N) is 1. The van der Waals surface area contributed by atoms with E-state index >= 15 is 0 Å². The monoisotopic (exact) mass is 293 g/mol. The van der Waals surface area contributed by atoms with Crippen LogP contribution >= 0.6 is 0 Å². The molecule has 2 atom stereocenters. The van der Waals surface area contributed by atoms with Gasteiger partial charge in [0.15, 0.2) is 11.5 Å². The van der Waals surface area contributed by atoms with E-state index in [9.17, 15) is 19.8 Å². The van der Waals surface area contributed by atoms with Crippen molar-refractivity contribution in [1.29, 1.82) is 0 Å². The fraction of sp³-hybridized carbons (Fsp3) is 0.467. The molecule has 114 valence electrons. The number of carbonyl (C=O) groups excluding carboxylic acids is 1. The Hall–Kier alpha value is -2.24. The second kappa shape index (κ2) is 5.63. The zero-order valence-electron chi connectivity index (χ0n) is 12.0. The Balaban J connectivity index is 2.21. The number of carbonyl (C=O) groups is 2. The van der Waals surface area contributed by atoms with Gasteiger partial charge in [0.25, 0.3) is 5.91 Å². The quantitative estimate of drug-likeness (QED) is 0.786. The van der Waals surface area contributed by atoms with Crippen molar-refractivity contribution in [2.75, 3.05) is 7.11 Å². The molecular weight excluding hydrogens is 274 g/mol. The number of ether oxygens (including phenoxy) is 1. The minimum Gasteiger partial charge on any atom is -0.504 e. The van der Waals surface area contributed by atoms with E-state index in [0.29, 0.717) is 12.8 Å². The lowest BCUT2D eigenvalue weighted by Gasteiger charge is -2.27. The van der Waals surface area contributed by atoms with Gasteiger partial charge < -0.3 is 20.3 Å². The molecule has 21 heavy (non-hydrogen) atoms. The minimum absolute atomic E-state index is 0.0778. The van der Waals surface area contributed by atoms with E-state index in [1.54, 1.807) is 19.1 Å². The van der Waals surface area contributed by atoms with E-state index in [1.165, 1.54) is 13.2 Å². The highest BCUT2D eigenvalue weighted by Crippen LogP contribution is 2.38. The van der Waals surface area contributed by atoms with Gasteiger partial charge in [-0.05, 0) is 31.9 Å². The smallest absolute Gasteiger partial charge is 0.311 e. The highest BCUT2D eigenvalue weighted by Gasteiger charge is 2.46. The van der Waals surface area contributed by atoms with Crippen molar-refractivity contribution in [3.05, 3.63) is 23.8 Å². The summed E-state index contributed by atoms with van der Waals surface area (Å²) in [7, 11) is 1.40. The van der Waals surface area contributed by atoms with E-state index in [1.807, 2.05) is 0 Å². The van der Waals surface area contributed by atoms with E-state index < -0.39 is 23.3 Å². The van der Waals surface area contributed by atoms with E-state index in [0.717, 1.165) is 6.42 Å². The number of rotatable bonds is 4. The molecule has 0 saturated heterocycles. The van der Waals surface area contributed by atoms with Crippen LogP contribution in [-0.2, 0) is 4.79 Å². The molecule has 1 fully saturated rings. The van der Waals surface area contributed by atoms with Gasteiger partial charge in [-0.3, -0.25) is 9.59 Å². The van der Waals surface area contributed by atoms with E-state index in [2.05, 4.69) is 5.32 Å². The van der Waals surface area contributed by atoms with Crippen LogP contribution in [0.3, 0.4) is 0 Å². The molecule has 0 aromatic heterocycles. The molecule has 1 saturated carbocycles. The third-order valence-corrected chi connectivity index (χ3v) is 4.22. The molecule has 6 heteroatoms. The van der Waals surface area contributed by atoms with Gasteiger partial charge in [-0.15, -0.1) is 0 Å². The normalized spacial score (nSPS) is 24.6. The number of phenols is 1. The summed E-state index contributed by atoms with van der Waals surface area (Å²) in [5.74, 6) is -1.45. The molecule has 1 aromatic rings. The van der Waals surface area contributed by atoms with Gasteiger partial charge in [0.2, 0.25) is 0 Å². The molecule has 0 spiro atoms. The summed E-state index contributed by atoms with van der Waals surface area (Å²) < 4.78 is 4.96. The summed E-state index contributed by atoms with van der Waals surface area (Å²) in [5, 5.41) is 22.0. The number of hydrogen-bond donors (Lipinski definition) is 3. The predicted molar refractivity (Wildman–Crippen MR) is 75.5 cm³/mol. The lowest BCUT2D eigenvalue weighted by Crippen LogP contribution is -2.47. The maximum Gasteiger partial charge on any atom is 0.311 e. The number of aliphatic carboxylic acids is 1. The van der Waals surface area contributed by atoms with Gasteiger partial charge in [-0.2, -0.15) is 0 Å². The highest BCUT2D eigenvalue weighted by molar-refractivity contribution is 5.98. The Morgan fingerprint density at radius 3 is 2.76 bits per heavy atom. The average Bonchev–Trinajstić information content (AvgIpc) is 2.81. The number of aromatic hydroxyl groups is 1. The van der Waals surface area contributed by atoms with Crippen LogP contribution in [0, 0.1) is 5.41 Å². The molecule has 2 rings (SSSR count). The summed E-state index contributed by atoms with van der Waals surface area (Å²) in [5.41, 5.74) is -0.890. The first-order valence-electron chi connectivity index (χ1n) is 6.80. The third-order valence-electron chi connectivity index (χ3n) is 4.22. The van der Waals surface area contributed by atoms with Crippen LogP contribution in [0.5, 0.6) is 11.5 Å². The Labute approximate surface area is 122 Å². The van der Waals surface area contributed by atoms with Crippen molar-refractivity contribution < 1.29 is 24.5 Å². The lowest BCUT2D eigenvalue weighted by atomic mass is 9.85. The zero-order chi connectivity index (χ0) is 15.6. The minimum atomic E-state index is -0.968. The standard InChI is InChI=1S/C15H19NO5/c1-15(14(19)20)8-4-7-11(15)16-13(18)9-5-3-6-10(21-2)12(9)17/h3,5-6,11,17H,4,7-8H2,1-2H3,(H,16,18)(H,19,20). The average molecular weight is 293 g/mol. The van der Waals surface area contributed by atoms with Crippen LogP contribution in [-0.4, -0.2) is 35.2 Å². The van der Waals surface area contributed by atoms with E-state index in [-0.39, 0.29) is 17.1 Å². The van der Waals surface area contributed by atoms with Crippen LogP contribution in [0.15, 0.2) is 18.2 Å². The molecular formula is C15H19NO5. The number of amides is 1. The summed E-state index contributed by atoms with van der Waals surface area (Å²) >= 11 is 0. The molecule has 0 aliphatic heterocycles. The first-order valence-corrected chi connectivity index (χ1v) is 6.80. The zero-order valence-corrected chi connectivity index (χ0v) is 12.0. The van der Waals surface area contributed by atoms with Gasteiger partial charge in [-0.1, -0.05) is 12.5 Å². The van der Waals surface area contributed by atoms with Crippen LogP contribution in [0.2, 0.25) is 0 Å². The SMILES string of the molecule is COc1cccc(C(=O)NC2CCCC2(C)C(=O)O)c1O. The molecule has 1 aliphatic carbocycles. The van der Waals surface area contributed by atoms with Crippen molar-refractivity contribution in [2.24, 2.45) is 5.41 Å². The first kappa shape index (κ1) is 15.2. The molecule has 3 N–H and O–H groups in total. The van der Waals surface area contributed by atoms with Crippen LogP contribution in [0.1, 0.15) is 36.5 Å². The summed E-state index contributed by atoms with van der Waals surface area (Å²) in [6, 6.07) is 4.16. The number of benzene rings is 1. The Bertz CT molecular complexity index is 571. The molecule has 1 aliphatic rings. The molecule has 0 bridgehead atoms. The van der Waals surface area contributed by atoms with Gasteiger partial charge in [0.05, 0.1) is 18.1 Å². The van der Waals surface area contributed by atoms with Crippen LogP contribution < -0.4 is 10.1 Å². The van der Waals surface area contributed by atoms with Crippen LogP contribution in [0.25, 0.3) is 0 Å². The fourth-order valence-electron chi connectivity index (χ4n) is 2.76. The highest BCUT2D eigenvalue weighted by atomic mass is 16.5. The van der Waals surface area contributed by atoms with Crippen molar-refractivity contribution in [3.63, 3.8) is 0 Å². The summed E-state index contributed by atoms with van der Waals surface area (Å²) in [6.07, 6.45) is 1.88. The molecule has 6 nitrogen and oxygen atoms in total. The fourth-order valence-corrected chi connectivity index (χ4v) is 2.76. The molecule has 0 heterocycles. The first-order chi connectivity index (χ1) is 9.90. The summed E-state index contributed by atoms with van der Waals surface area (Å²) in [4.78, 5) is 23.7. The number of carboxylic acid groups (broad SMARTS) is 1. The maximum absolute atomic E-state index is 12.3. The molecule has 2 unspecified atom stereocenters. The molecule has 1 aromatic carbocycles. The Kier molecular flexibility index (Phi) is 4.06. The van der Waals surface area contributed by atoms with E-state index in [4.69, 9.17) is 4.74 Å². The lowest BCUT2D eigenvalue weighted by molar-refractivity contribution is -0.148. The second-order valence-corrected chi connectivity index (χ2v) is 5.50. The van der Waals surface area contributed by atoms with Crippen molar-refractivity contribution in [3.8, 4) is 11.5 Å². The largest absolute Gasteiger partial charge is 0.504 e. The Morgan fingerprint density at radius 1 is 1.43 bits per heavy atom. The molecule has 0 radical (unpaired) electrons. The van der Waals surface area contributed by atoms with Crippen LogP contribution in [0.4, 0.5) is 0 Å². The van der Waals surface area contributed by atoms with Crippen molar-refractivity contribution in [1.82, 2.24) is 5.32 Å². The van der Waals surface area contributed by atoms with Gasteiger partial charge in [0, 0.05) is 6.04 Å². The van der Waals surface area contributed by atoms with Gasteiger partial charge in [0.1, 0.15) is 0 Å². The number of carboxylic acids is 1. The van der Waals surface area contributed by atoms with Crippen molar-refractivity contribution in [2.45, 2.75) is 32.2 Å². The number of phenolic OH excluding ortho intramolecular Hbond substituents is 1. The van der Waals surface area contributed by atoms with Crippen molar-refractivity contribution >= 4 is 11.9 Å². The number of methoxy groups -OCH3 is 1. The predicted octanol–water partition coefficient (Wildman–Crippen LogP) is 1.77. The topological polar surface area (TPSA) is 95.9 Å².